The van der Waals surface area contributed by atoms with Gasteiger partial charge in [-0.3, -0.25) is 0 Å². The Morgan fingerprint density at radius 3 is 2.52 bits per heavy atom. The summed E-state index contributed by atoms with van der Waals surface area (Å²) >= 11 is 0. The van der Waals surface area contributed by atoms with E-state index in [1.54, 1.807) is 18.2 Å². The van der Waals surface area contributed by atoms with Crippen molar-refractivity contribution in [2.45, 2.75) is 19.3 Å². The largest absolute Gasteiger partial charge is 0.508 e. The summed E-state index contributed by atoms with van der Waals surface area (Å²) in [7, 11) is 0. The van der Waals surface area contributed by atoms with E-state index in [2.05, 4.69) is 0 Å². The molecule has 3 aromatic rings. The van der Waals surface area contributed by atoms with E-state index in [1.807, 2.05) is 43.3 Å². The van der Waals surface area contributed by atoms with Crippen molar-refractivity contribution >= 4 is 11.0 Å². The Morgan fingerprint density at radius 2 is 1.81 bits per heavy atom. The van der Waals surface area contributed by atoms with Crippen LogP contribution in [0.25, 0.3) is 11.0 Å². The van der Waals surface area contributed by atoms with Gasteiger partial charge in [0.1, 0.15) is 11.3 Å². The van der Waals surface area contributed by atoms with Crippen molar-refractivity contribution in [1.82, 2.24) is 0 Å². The number of phenols is 1. The maximum absolute atomic E-state index is 12.3. The highest BCUT2D eigenvalue weighted by Gasteiger charge is 2.17. The number of hydrogen-bond acceptors (Lipinski definition) is 3. The van der Waals surface area contributed by atoms with Crippen LogP contribution in [0, 0.1) is 0 Å². The molecule has 0 radical (unpaired) electrons. The van der Waals surface area contributed by atoms with Gasteiger partial charge in [0.15, 0.2) is 0 Å². The first-order valence-electron chi connectivity index (χ1n) is 7.00. The predicted octanol–water partition coefficient (Wildman–Crippen LogP) is 4.04. The topological polar surface area (TPSA) is 50.4 Å². The lowest BCUT2D eigenvalue weighted by Crippen LogP contribution is -2.13. The average molecular weight is 280 g/mol. The Hall–Kier alpha value is -2.55. The van der Waals surface area contributed by atoms with Crippen LogP contribution < -0.4 is 5.63 Å². The second-order valence-corrected chi connectivity index (χ2v) is 5.08. The minimum Gasteiger partial charge on any atom is -0.508 e. The summed E-state index contributed by atoms with van der Waals surface area (Å²) in [4.78, 5) is 12.3. The van der Waals surface area contributed by atoms with Gasteiger partial charge in [-0.05, 0) is 36.2 Å². The lowest BCUT2D eigenvalue weighted by molar-refractivity contribution is 0.475. The molecule has 2 aromatic carbocycles. The summed E-state index contributed by atoms with van der Waals surface area (Å²) in [6.45, 7) is 2.03. The van der Waals surface area contributed by atoms with E-state index in [9.17, 15) is 9.90 Å². The number of rotatable bonds is 3. The van der Waals surface area contributed by atoms with Crippen molar-refractivity contribution in [1.29, 1.82) is 0 Å². The molecule has 0 spiro atoms. The average Bonchev–Trinajstić information content (AvgIpc) is 2.50. The summed E-state index contributed by atoms with van der Waals surface area (Å²) in [6, 6.07) is 16.4. The zero-order valence-corrected chi connectivity index (χ0v) is 11.7. The molecule has 0 aliphatic carbocycles. The fraction of sp³-hybridized carbons (Fsp3) is 0.167. The van der Waals surface area contributed by atoms with Crippen LogP contribution in [0.3, 0.4) is 0 Å². The lowest BCUT2D eigenvalue weighted by Gasteiger charge is -2.15. The fourth-order valence-corrected chi connectivity index (χ4v) is 2.66. The lowest BCUT2D eigenvalue weighted by atomic mass is 9.89. The van der Waals surface area contributed by atoms with E-state index < -0.39 is 0 Å². The molecule has 1 unspecified atom stereocenters. The summed E-state index contributed by atoms with van der Waals surface area (Å²) in [6.07, 6.45) is 0.786. The zero-order chi connectivity index (χ0) is 14.8. The number of hydrogen-bond donors (Lipinski definition) is 1. The highest BCUT2D eigenvalue weighted by atomic mass is 16.4. The van der Waals surface area contributed by atoms with Crippen LogP contribution in [0.4, 0.5) is 0 Å². The summed E-state index contributed by atoms with van der Waals surface area (Å²) in [5.41, 5.74) is 1.96. The molecule has 3 rings (SSSR count). The van der Waals surface area contributed by atoms with E-state index in [0.29, 0.717) is 11.1 Å². The molecule has 0 fully saturated rings. The van der Waals surface area contributed by atoms with Crippen molar-refractivity contribution in [3.63, 3.8) is 0 Å². The second kappa shape index (κ2) is 5.44. The second-order valence-electron chi connectivity index (χ2n) is 5.08. The molecule has 0 aliphatic rings. The van der Waals surface area contributed by atoms with Gasteiger partial charge in [0.05, 0.1) is 0 Å². The van der Waals surface area contributed by atoms with Crippen LogP contribution in [-0.4, -0.2) is 5.11 Å². The fourth-order valence-electron chi connectivity index (χ4n) is 2.66. The van der Waals surface area contributed by atoms with Crippen LogP contribution in [0.2, 0.25) is 0 Å². The van der Waals surface area contributed by atoms with Crippen molar-refractivity contribution in [2.24, 2.45) is 0 Å². The van der Waals surface area contributed by atoms with Gasteiger partial charge in [0.2, 0.25) is 0 Å². The van der Waals surface area contributed by atoms with Crippen LogP contribution in [-0.2, 0) is 0 Å². The quantitative estimate of drug-likeness (QED) is 0.737. The summed E-state index contributed by atoms with van der Waals surface area (Å²) < 4.78 is 5.42. The van der Waals surface area contributed by atoms with E-state index in [4.69, 9.17) is 4.42 Å². The van der Waals surface area contributed by atoms with Crippen molar-refractivity contribution < 1.29 is 9.52 Å². The monoisotopic (exact) mass is 280 g/mol. The molecule has 1 heterocycles. The smallest absolute Gasteiger partial charge is 0.340 e. The summed E-state index contributed by atoms with van der Waals surface area (Å²) in [5, 5.41) is 10.3. The minimum atomic E-state index is -0.298. The molecule has 1 N–H and O–H groups in total. The molecule has 0 amide bonds. The normalized spacial score (nSPS) is 12.4. The van der Waals surface area contributed by atoms with Gasteiger partial charge in [-0.15, -0.1) is 0 Å². The van der Waals surface area contributed by atoms with E-state index >= 15 is 0 Å². The molecule has 1 aromatic heterocycles. The molecule has 1 atom stereocenters. The molecular weight excluding hydrogens is 264 g/mol. The number of aromatic hydroxyl groups is 1. The third-order valence-electron chi connectivity index (χ3n) is 3.75. The Kier molecular flexibility index (Phi) is 3.48. The Bertz CT molecular complexity index is 816. The first kappa shape index (κ1) is 13.4. The van der Waals surface area contributed by atoms with E-state index in [0.717, 1.165) is 17.4 Å². The molecule has 21 heavy (non-hydrogen) atoms. The standard InChI is InChI=1S/C18H16O3/c1-2-15(12-7-9-14(19)10-8-12)16-11-13-5-3-4-6-17(13)21-18(16)20/h3-11,15,19H,2H2,1H3. The SMILES string of the molecule is CCC(c1ccc(O)cc1)c1cc2ccccc2oc1=O. The Morgan fingerprint density at radius 1 is 1.10 bits per heavy atom. The van der Waals surface area contributed by atoms with Crippen LogP contribution in [0.5, 0.6) is 5.75 Å². The van der Waals surface area contributed by atoms with Crippen LogP contribution in [0.1, 0.15) is 30.4 Å². The van der Waals surface area contributed by atoms with Crippen LogP contribution >= 0.6 is 0 Å². The third-order valence-corrected chi connectivity index (χ3v) is 3.75. The first-order chi connectivity index (χ1) is 10.2. The third kappa shape index (κ3) is 2.55. The Labute approximate surface area is 122 Å². The predicted molar refractivity (Wildman–Crippen MR) is 82.7 cm³/mol. The maximum Gasteiger partial charge on any atom is 0.340 e. The van der Waals surface area contributed by atoms with Crippen LogP contribution in [0.15, 0.2) is 63.8 Å². The van der Waals surface area contributed by atoms with Gasteiger partial charge in [0, 0.05) is 16.9 Å². The number of phenolic OH excluding ortho intramolecular Hbond substituents is 1. The zero-order valence-electron chi connectivity index (χ0n) is 11.7. The number of para-hydroxylation sites is 1. The molecule has 3 heteroatoms. The molecule has 0 aliphatic heterocycles. The molecular formula is C18H16O3. The van der Waals surface area contributed by atoms with Gasteiger partial charge < -0.3 is 9.52 Å². The van der Waals surface area contributed by atoms with E-state index in [1.165, 1.54) is 0 Å². The van der Waals surface area contributed by atoms with E-state index in [-0.39, 0.29) is 17.3 Å². The van der Waals surface area contributed by atoms with Gasteiger partial charge in [-0.25, -0.2) is 4.79 Å². The number of fused-ring (bicyclic) bond motifs is 1. The van der Waals surface area contributed by atoms with Gasteiger partial charge in [-0.1, -0.05) is 37.3 Å². The van der Waals surface area contributed by atoms with Gasteiger partial charge in [-0.2, -0.15) is 0 Å². The Balaban J connectivity index is 2.14. The molecule has 0 saturated heterocycles. The highest BCUT2D eigenvalue weighted by molar-refractivity contribution is 5.76. The summed E-state index contributed by atoms with van der Waals surface area (Å²) in [5.74, 6) is 0.186. The molecule has 0 saturated carbocycles. The molecule has 3 nitrogen and oxygen atoms in total. The van der Waals surface area contributed by atoms with Gasteiger partial charge in [0.25, 0.3) is 0 Å². The van der Waals surface area contributed by atoms with Crippen molar-refractivity contribution in [3.8, 4) is 5.75 Å². The maximum atomic E-state index is 12.3. The molecule has 0 bridgehead atoms. The van der Waals surface area contributed by atoms with Gasteiger partial charge >= 0.3 is 5.63 Å². The molecule has 106 valence electrons. The highest BCUT2D eigenvalue weighted by Crippen LogP contribution is 2.28. The van der Waals surface area contributed by atoms with Crippen molar-refractivity contribution in [3.05, 3.63) is 76.1 Å². The first-order valence-corrected chi connectivity index (χ1v) is 7.00. The minimum absolute atomic E-state index is 0.0357. The van der Waals surface area contributed by atoms with Crippen molar-refractivity contribution in [2.75, 3.05) is 0 Å². The number of benzene rings is 2.